The van der Waals surface area contributed by atoms with Crippen LogP contribution < -0.4 is 16.4 Å². The Hall–Kier alpha value is -2.18. The van der Waals surface area contributed by atoms with Gasteiger partial charge < -0.3 is 16.4 Å². The fourth-order valence-electron chi connectivity index (χ4n) is 2.92. The molecule has 1 atom stereocenters. The summed E-state index contributed by atoms with van der Waals surface area (Å²) in [6, 6.07) is 7.95. The van der Waals surface area contributed by atoms with Gasteiger partial charge >= 0.3 is 0 Å². The first-order chi connectivity index (χ1) is 12.4. The van der Waals surface area contributed by atoms with Crippen LogP contribution in [0.1, 0.15) is 51.2 Å². The average Bonchev–Trinajstić information content (AvgIpc) is 2.90. The van der Waals surface area contributed by atoms with Crippen LogP contribution in [0.25, 0.3) is 0 Å². The molecule has 2 rings (SSSR count). The van der Waals surface area contributed by atoms with Crippen LogP contribution in [0.4, 0.5) is 5.00 Å². The highest BCUT2D eigenvalue weighted by molar-refractivity contribution is 7.18. The highest BCUT2D eigenvalue weighted by Crippen LogP contribution is 2.34. The molecule has 4 N–H and O–H groups in total. The number of nitrogens with one attached hydrogen (secondary N) is 2. The predicted octanol–water partition coefficient (Wildman–Crippen LogP) is 3.49. The number of thiophene rings is 1. The highest BCUT2D eigenvalue weighted by atomic mass is 32.1. The van der Waals surface area contributed by atoms with Crippen LogP contribution in [0.15, 0.2) is 24.3 Å². The second-order valence-corrected chi connectivity index (χ2v) is 7.38. The Labute approximate surface area is 159 Å². The molecule has 1 heterocycles. The van der Waals surface area contributed by atoms with E-state index >= 15 is 0 Å². The van der Waals surface area contributed by atoms with E-state index in [1.165, 1.54) is 11.3 Å². The van der Waals surface area contributed by atoms with Crippen molar-refractivity contribution in [3.8, 4) is 0 Å². The molecule has 0 saturated carbocycles. The van der Waals surface area contributed by atoms with Crippen LogP contribution in [0.2, 0.25) is 0 Å². The number of aryl methyl sites for hydroxylation is 1. The first-order valence-electron chi connectivity index (χ1n) is 8.85. The van der Waals surface area contributed by atoms with Crippen molar-refractivity contribution in [2.75, 3.05) is 18.4 Å². The largest absolute Gasteiger partial charge is 0.350 e. The summed E-state index contributed by atoms with van der Waals surface area (Å²) in [5.74, 6) is -0.403. The number of nitrogens with two attached hydrogens (primary N) is 1. The molecule has 1 aromatic carbocycles. The van der Waals surface area contributed by atoms with Gasteiger partial charge in [-0.05, 0) is 49.4 Å². The molecule has 0 fully saturated rings. The number of carbonyl (C=O) groups excluding carboxylic acids is 2. The molecule has 0 bridgehead atoms. The zero-order valence-electron chi connectivity index (χ0n) is 15.8. The van der Waals surface area contributed by atoms with Crippen molar-refractivity contribution < 1.29 is 9.59 Å². The van der Waals surface area contributed by atoms with E-state index in [0.717, 1.165) is 27.3 Å². The molecule has 2 aromatic rings. The van der Waals surface area contributed by atoms with E-state index in [0.29, 0.717) is 24.4 Å². The SMILES string of the molecule is CCC(C(=O)Nc1sc(C(=O)NCCN)c(C)c1C)c1ccccc1C. The molecule has 6 heteroatoms. The van der Waals surface area contributed by atoms with E-state index in [-0.39, 0.29) is 17.7 Å². The van der Waals surface area contributed by atoms with E-state index in [1.54, 1.807) is 0 Å². The lowest BCUT2D eigenvalue weighted by molar-refractivity contribution is -0.117. The van der Waals surface area contributed by atoms with Crippen molar-refractivity contribution in [3.05, 3.63) is 51.4 Å². The molecule has 0 saturated heterocycles. The molecule has 0 aliphatic heterocycles. The smallest absolute Gasteiger partial charge is 0.261 e. The molecule has 140 valence electrons. The molecular weight excluding hydrogens is 346 g/mol. The third-order valence-corrected chi connectivity index (χ3v) is 5.92. The van der Waals surface area contributed by atoms with E-state index in [4.69, 9.17) is 5.73 Å². The lowest BCUT2D eigenvalue weighted by atomic mass is 9.92. The van der Waals surface area contributed by atoms with Gasteiger partial charge in [-0.3, -0.25) is 9.59 Å². The summed E-state index contributed by atoms with van der Waals surface area (Å²) in [5, 5.41) is 6.55. The zero-order chi connectivity index (χ0) is 19.3. The molecule has 0 aliphatic rings. The van der Waals surface area contributed by atoms with Gasteiger partial charge in [0.15, 0.2) is 0 Å². The van der Waals surface area contributed by atoms with E-state index in [2.05, 4.69) is 10.6 Å². The Balaban J connectivity index is 2.23. The number of amides is 2. The zero-order valence-corrected chi connectivity index (χ0v) is 16.6. The standard InChI is InChI=1S/C20H27N3O2S/c1-5-15(16-9-7-6-8-12(16)2)18(24)23-20-14(4)13(3)17(26-20)19(25)22-11-10-21/h6-9,15H,5,10-11,21H2,1-4H3,(H,22,25)(H,23,24). The average molecular weight is 374 g/mol. The summed E-state index contributed by atoms with van der Waals surface area (Å²) >= 11 is 1.32. The summed E-state index contributed by atoms with van der Waals surface area (Å²) in [5.41, 5.74) is 9.41. The van der Waals surface area contributed by atoms with Crippen molar-refractivity contribution in [3.63, 3.8) is 0 Å². The Morgan fingerprint density at radius 3 is 2.46 bits per heavy atom. The normalized spacial score (nSPS) is 11.9. The summed E-state index contributed by atoms with van der Waals surface area (Å²) in [6.07, 6.45) is 0.712. The van der Waals surface area contributed by atoms with Gasteiger partial charge in [-0.25, -0.2) is 0 Å². The van der Waals surface area contributed by atoms with Crippen LogP contribution in [-0.4, -0.2) is 24.9 Å². The first kappa shape index (κ1) is 20.1. The topological polar surface area (TPSA) is 84.2 Å². The number of benzene rings is 1. The summed E-state index contributed by atoms with van der Waals surface area (Å²) in [7, 11) is 0. The van der Waals surface area contributed by atoms with Crippen molar-refractivity contribution >= 4 is 28.2 Å². The third kappa shape index (κ3) is 4.31. The predicted molar refractivity (Wildman–Crippen MR) is 108 cm³/mol. The summed E-state index contributed by atoms with van der Waals surface area (Å²) < 4.78 is 0. The minimum Gasteiger partial charge on any atom is -0.350 e. The van der Waals surface area contributed by atoms with Crippen molar-refractivity contribution in [2.24, 2.45) is 5.73 Å². The number of hydrogen-bond acceptors (Lipinski definition) is 4. The molecule has 1 aromatic heterocycles. The van der Waals surface area contributed by atoms with Crippen LogP contribution in [0, 0.1) is 20.8 Å². The fourth-order valence-corrected chi connectivity index (χ4v) is 4.05. The van der Waals surface area contributed by atoms with Crippen molar-refractivity contribution in [1.82, 2.24) is 5.32 Å². The first-order valence-corrected chi connectivity index (χ1v) is 9.66. The monoisotopic (exact) mass is 373 g/mol. The van der Waals surface area contributed by atoms with Gasteiger partial charge in [0.05, 0.1) is 15.8 Å². The summed E-state index contributed by atoms with van der Waals surface area (Å²) in [4.78, 5) is 25.8. The van der Waals surface area contributed by atoms with E-state index < -0.39 is 0 Å². The van der Waals surface area contributed by atoms with Gasteiger partial charge in [-0.1, -0.05) is 31.2 Å². The van der Waals surface area contributed by atoms with E-state index in [1.807, 2.05) is 52.0 Å². The molecule has 0 aliphatic carbocycles. The van der Waals surface area contributed by atoms with Crippen LogP contribution >= 0.6 is 11.3 Å². The highest BCUT2D eigenvalue weighted by Gasteiger charge is 2.23. The molecular formula is C20H27N3O2S. The number of hydrogen-bond donors (Lipinski definition) is 3. The minimum atomic E-state index is -0.215. The van der Waals surface area contributed by atoms with Crippen molar-refractivity contribution in [2.45, 2.75) is 40.0 Å². The maximum atomic E-state index is 12.9. The molecule has 0 radical (unpaired) electrons. The van der Waals surface area contributed by atoms with Gasteiger partial charge in [-0.2, -0.15) is 0 Å². The Morgan fingerprint density at radius 2 is 1.85 bits per heavy atom. The second kappa shape index (κ2) is 8.96. The maximum Gasteiger partial charge on any atom is 0.261 e. The lowest BCUT2D eigenvalue weighted by Crippen LogP contribution is -2.28. The Morgan fingerprint density at radius 1 is 1.15 bits per heavy atom. The quantitative estimate of drug-likeness (QED) is 0.694. The van der Waals surface area contributed by atoms with Crippen molar-refractivity contribution in [1.29, 1.82) is 0 Å². The lowest BCUT2D eigenvalue weighted by Gasteiger charge is -2.17. The Kier molecular flexibility index (Phi) is 6.94. The number of carbonyl (C=O) groups is 2. The molecule has 1 unspecified atom stereocenters. The maximum absolute atomic E-state index is 12.9. The van der Waals surface area contributed by atoms with Gasteiger partial charge in [0.2, 0.25) is 5.91 Å². The number of rotatable bonds is 7. The fraction of sp³-hybridized carbons (Fsp3) is 0.400. The summed E-state index contributed by atoms with van der Waals surface area (Å²) in [6.45, 7) is 8.68. The van der Waals surface area contributed by atoms with Gasteiger partial charge in [0.1, 0.15) is 0 Å². The second-order valence-electron chi connectivity index (χ2n) is 6.36. The molecule has 2 amide bonds. The number of anilines is 1. The van der Waals surface area contributed by atoms with Crippen LogP contribution in [0.5, 0.6) is 0 Å². The molecule has 5 nitrogen and oxygen atoms in total. The molecule has 26 heavy (non-hydrogen) atoms. The third-order valence-electron chi connectivity index (χ3n) is 4.61. The Bertz CT molecular complexity index is 798. The van der Waals surface area contributed by atoms with Gasteiger partial charge in [0, 0.05) is 13.1 Å². The minimum absolute atomic E-state index is 0.0416. The van der Waals surface area contributed by atoms with Gasteiger partial charge in [0.25, 0.3) is 5.91 Å². The van der Waals surface area contributed by atoms with Gasteiger partial charge in [-0.15, -0.1) is 11.3 Å². The molecule has 0 spiro atoms. The van der Waals surface area contributed by atoms with E-state index in [9.17, 15) is 9.59 Å². The van der Waals surface area contributed by atoms with Crippen LogP contribution in [-0.2, 0) is 4.79 Å². The van der Waals surface area contributed by atoms with Crippen LogP contribution in [0.3, 0.4) is 0 Å².